The van der Waals surface area contributed by atoms with Crippen LogP contribution in [0, 0.1) is 10.1 Å². The van der Waals surface area contributed by atoms with E-state index in [1.165, 1.54) is 12.1 Å². The number of para-hydroxylation sites is 1. The van der Waals surface area contributed by atoms with Gasteiger partial charge in [0.1, 0.15) is 11.3 Å². The largest absolute Gasteiger partial charge is 0.497 e. The molecule has 0 N–H and O–H groups in total. The first-order valence-electron chi connectivity index (χ1n) is 8.02. The fourth-order valence-electron chi connectivity index (χ4n) is 2.96. The predicted molar refractivity (Wildman–Crippen MR) is 94.2 cm³/mol. The number of anilines is 1. The summed E-state index contributed by atoms with van der Waals surface area (Å²) in [6.07, 6.45) is 0. The van der Waals surface area contributed by atoms with Gasteiger partial charge in [-0.25, -0.2) is 0 Å². The number of carbonyl (C=O) groups excluding carboxylic acids is 1. The van der Waals surface area contributed by atoms with Crippen LogP contribution in [-0.2, 0) is 0 Å². The second-order valence-electron chi connectivity index (χ2n) is 5.75. The number of piperazine rings is 1. The average Bonchev–Trinajstić information content (AvgIpc) is 2.67. The molecule has 0 aliphatic carbocycles. The minimum absolute atomic E-state index is 0.141. The highest BCUT2D eigenvalue weighted by atomic mass is 16.6. The third-order valence-electron chi connectivity index (χ3n) is 4.32. The molecular weight excluding hydrogens is 322 g/mol. The van der Waals surface area contributed by atoms with Crippen LogP contribution >= 0.6 is 0 Å². The molecule has 1 amide bonds. The Bertz CT molecular complexity index is 785. The van der Waals surface area contributed by atoms with E-state index < -0.39 is 4.92 Å². The van der Waals surface area contributed by atoms with E-state index in [2.05, 4.69) is 4.90 Å². The normalized spacial score (nSPS) is 14.3. The summed E-state index contributed by atoms with van der Waals surface area (Å²) in [5, 5.41) is 11.1. The standard InChI is InChI=1S/C18H19N3O4/c1-25-15-6-4-5-14(13-15)19-9-11-20(12-10-19)18(22)16-7-2-3-8-17(16)21(23)24/h2-8,13H,9-12H2,1H3. The van der Waals surface area contributed by atoms with Crippen molar-refractivity contribution in [3.05, 3.63) is 64.2 Å². The van der Waals surface area contributed by atoms with Gasteiger partial charge in [0.05, 0.1) is 12.0 Å². The Labute approximate surface area is 145 Å². The van der Waals surface area contributed by atoms with Gasteiger partial charge in [-0.1, -0.05) is 18.2 Å². The molecule has 0 unspecified atom stereocenters. The second kappa shape index (κ2) is 7.21. The molecule has 1 aliphatic rings. The zero-order valence-corrected chi connectivity index (χ0v) is 13.9. The van der Waals surface area contributed by atoms with Crippen LogP contribution < -0.4 is 9.64 Å². The zero-order valence-electron chi connectivity index (χ0n) is 13.9. The third-order valence-corrected chi connectivity index (χ3v) is 4.32. The van der Waals surface area contributed by atoms with Crippen molar-refractivity contribution < 1.29 is 14.5 Å². The van der Waals surface area contributed by atoms with Crippen molar-refractivity contribution in [1.82, 2.24) is 4.90 Å². The summed E-state index contributed by atoms with van der Waals surface area (Å²) in [7, 11) is 1.63. The summed E-state index contributed by atoms with van der Waals surface area (Å²) >= 11 is 0. The maximum Gasteiger partial charge on any atom is 0.282 e. The summed E-state index contributed by atoms with van der Waals surface area (Å²) in [6, 6.07) is 13.9. The highest BCUT2D eigenvalue weighted by Gasteiger charge is 2.27. The van der Waals surface area contributed by atoms with Gasteiger partial charge in [-0.3, -0.25) is 14.9 Å². The molecular formula is C18H19N3O4. The zero-order chi connectivity index (χ0) is 17.8. The molecule has 0 aromatic heterocycles. The SMILES string of the molecule is COc1cccc(N2CCN(C(=O)c3ccccc3[N+](=O)[O-])CC2)c1. The number of ether oxygens (including phenoxy) is 1. The Hall–Kier alpha value is -3.09. The van der Waals surface area contributed by atoms with Crippen LogP contribution in [0.1, 0.15) is 10.4 Å². The molecule has 2 aromatic rings. The average molecular weight is 341 g/mol. The molecule has 0 bridgehead atoms. The molecule has 0 radical (unpaired) electrons. The first kappa shape index (κ1) is 16.8. The maximum atomic E-state index is 12.7. The van der Waals surface area contributed by atoms with Gasteiger partial charge in [0.15, 0.2) is 0 Å². The van der Waals surface area contributed by atoms with Crippen molar-refractivity contribution >= 4 is 17.3 Å². The molecule has 0 spiro atoms. The number of nitrogens with zero attached hydrogens (tertiary/aromatic N) is 3. The van der Waals surface area contributed by atoms with Gasteiger partial charge >= 0.3 is 0 Å². The molecule has 1 fully saturated rings. The van der Waals surface area contributed by atoms with Gasteiger partial charge in [-0.15, -0.1) is 0 Å². The lowest BCUT2D eigenvalue weighted by Gasteiger charge is -2.36. The fraction of sp³-hybridized carbons (Fsp3) is 0.278. The first-order chi connectivity index (χ1) is 12.1. The fourth-order valence-corrected chi connectivity index (χ4v) is 2.96. The van der Waals surface area contributed by atoms with Gasteiger partial charge in [0.25, 0.3) is 11.6 Å². The number of nitro groups is 1. The van der Waals surface area contributed by atoms with Gasteiger partial charge in [-0.2, -0.15) is 0 Å². The molecule has 2 aromatic carbocycles. The molecule has 1 heterocycles. The highest BCUT2D eigenvalue weighted by Crippen LogP contribution is 2.24. The van der Waals surface area contributed by atoms with E-state index in [1.807, 2.05) is 24.3 Å². The van der Waals surface area contributed by atoms with E-state index >= 15 is 0 Å². The number of methoxy groups -OCH3 is 1. The smallest absolute Gasteiger partial charge is 0.282 e. The van der Waals surface area contributed by atoms with E-state index in [9.17, 15) is 14.9 Å². The Kier molecular flexibility index (Phi) is 4.83. The van der Waals surface area contributed by atoms with E-state index in [0.29, 0.717) is 26.2 Å². The molecule has 7 heteroatoms. The monoisotopic (exact) mass is 341 g/mol. The van der Waals surface area contributed by atoms with Crippen LogP contribution in [0.25, 0.3) is 0 Å². The van der Waals surface area contributed by atoms with Crippen LogP contribution in [0.15, 0.2) is 48.5 Å². The lowest BCUT2D eigenvalue weighted by atomic mass is 10.1. The molecule has 3 rings (SSSR count). The number of carbonyl (C=O) groups is 1. The van der Waals surface area contributed by atoms with Crippen molar-refractivity contribution in [2.45, 2.75) is 0 Å². The van der Waals surface area contributed by atoms with Crippen LogP contribution in [0.5, 0.6) is 5.75 Å². The van der Waals surface area contributed by atoms with Crippen molar-refractivity contribution in [2.24, 2.45) is 0 Å². The molecule has 1 saturated heterocycles. The van der Waals surface area contributed by atoms with E-state index in [1.54, 1.807) is 24.1 Å². The second-order valence-corrected chi connectivity index (χ2v) is 5.75. The lowest BCUT2D eigenvalue weighted by Crippen LogP contribution is -2.48. The number of hydrogen-bond acceptors (Lipinski definition) is 5. The van der Waals surface area contributed by atoms with Gasteiger partial charge in [0, 0.05) is 44.0 Å². The Morgan fingerprint density at radius 3 is 2.48 bits per heavy atom. The van der Waals surface area contributed by atoms with Crippen LogP contribution in [0.3, 0.4) is 0 Å². The molecule has 0 atom stereocenters. The topological polar surface area (TPSA) is 75.9 Å². The van der Waals surface area contributed by atoms with Crippen molar-refractivity contribution in [3.8, 4) is 5.75 Å². The molecule has 1 aliphatic heterocycles. The maximum absolute atomic E-state index is 12.7. The van der Waals surface area contributed by atoms with E-state index in [4.69, 9.17) is 4.74 Å². The van der Waals surface area contributed by atoms with Gasteiger partial charge in [0.2, 0.25) is 0 Å². The van der Waals surface area contributed by atoms with Crippen LogP contribution in [0.4, 0.5) is 11.4 Å². The Morgan fingerprint density at radius 1 is 1.08 bits per heavy atom. The summed E-state index contributed by atoms with van der Waals surface area (Å²) in [4.78, 5) is 27.1. The van der Waals surface area contributed by atoms with Crippen molar-refractivity contribution in [2.75, 3.05) is 38.2 Å². The molecule has 0 saturated carbocycles. The van der Waals surface area contributed by atoms with E-state index in [-0.39, 0.29) is 17.2 Å². The first-order valence-corrected chi connectivity index (χ1v) is 8.02. The lowest BCUT2D eigenvalue weighted by molar-refractivity contribution is -0.385. The summed E-state index contributed by atoms with van der Waals surface area (Å²) in [6.45, 7) is 2.36. The van der Waals surface area contributed by atoms with Crippen molar-refractivity contribution in [3.63, 3.8) is 0 Å². The molecule has 130 valence electrons. The number of amides is 1. The highest BCUT2D eigenvalue weighted by molar-refractivity contribution is 5.98. The number of nitro benzene ring substituents is 1. The number of hydrogen-bond donors (Lipinski definition) is 0. The van der Waals surface area contributed by atoms with Gasteiger partial charge in [-0.05, 0) is 18.2 Å². The van der Waals surface area contributed by atoms with Crippen LogP contribution in [0.2, 0.25) is 0 Å². The number of rotatable bonds is 4. The van der Waals surface area contributed by atoms with Gasteiger partial charge < -0.3 is 14.5 Å². The third kappa shape index (κ3) is 3.55. The van der Waals surface area contributed by atoms with Crippen LogP contribution in [-0.4, -0.2) is 49.0 Å². The minimum atomic E-state index is -0.514. The van der Waals surface area contributed by atoms with E-state index in [0.717, 1.165) is 11.4 Å². The molecule has 7 nitrogen and oxygen atoms in total. The van der Waals surface area contributed by atoms with Crippen molar-refractivity contribution in [1.29, 1.82) is 0 Å². The summed E-state index contributed by atoms with van der Waals surface area (Å²) < 4.78 is 5.24. The summed E-state index contributed by atoms with van der Waals surface area (Å²) in [5.41, 5.74) is 1.03. The number of benzene rings is 2. The molecule has 25 heavy (non-hydrogen) atoms. The Morgan fingerprint density at radius 2 is 1.80 bits per heavy atom. The minimum Gasteiger partial charge on any atom is -0.497 e. The Balaban J connectivity index is 1.70. The summed E-state index contributed by atoms with van der Waals surface area (Å²) in [5.74, 6) is 0.494. The predicted octanol–water partition coefficient (Wildman–Crippen LogP) is 2.57. The quantitative estimate of drug-likeness (QED) is 0.631.